The van der Waals surface area contributed by atoms with Crippen molar-refractivity contribution in [2.45, 2.75) is 23.8 Å². The Kier molecular flexibility index (Phi) is 4.42. The Bertz CT molecular complexity index is 593. The second-order valence-electron chi connectivity index (χ2n) is 4.72. The molecule has 110 valence electrons. The third kappa shape index (κ3) is 3.00. The van der Waals surface area contributed by atoms with E-state index in [-0.39, 0.29) is 23.1 Å². The fraction of sp³-hybridized carbons (Fsp3) is 0.462. The number of carboxylic acid groups (broad SMARTS) is 1. The van der Waals surface area contributed by atoms with Crippen LogP contribution in [0.15, 0.2) is 29.2 Å². The molecule has 1 saturated heterocycles. The molecule has 1 aromatic rings. The first-order chi connectivity index (χ1) is 9.43. The lowest BCUT2D eigenvalue weighted by molar-refractivity contribution is 0.0692. The van der Waals surface area contributed by atoms with Crippen LogP contribution in [-0.4, -0.2) is 50.1 Å². The number of nitrogens with zero attached hydrogens (tertiary/aromatic N) is 1. The van der Waals surface area contributed by atoms with Gasteiger partial charge in [0.25, 0.3) is 0 Å². The van der Waals surface area contributed by atoms with Crippen molar-refractivity contribution >= 4 is 16.0 Å². The summed E-state index contributed by atoms with van der Waals surface area (Å²) in [5.41, 5.74) is -0.216. The van der Waals surface area contributed by atoms with Crippen LogP contribution in [0.25, 0.3) is 0 Å². The van der Waals surface area contributed by atoms with Crippen LogP contribution in [0.2, 0.25) is 0 Å². The molecule has 20 heavy (non-hydrogen) atoms. The van der Waals surface area contributed by atoms with Crippen LogP contribution in [0.1, 0.15) is 23.2 Å². The normalized spacial score (nSPS) is 19.4. The molecule has 0 spiro atoms. The van der Waals surface area contributed by atoms with E-state index in [2.05, 4.69) is 0 Å². The van der Waals surface area contributed by atoms with Crippen LogP contribution in [0.4, 0.5) is 0 Å². The van der Waals surface area contributed by atoms with Crippen LogP contribution < -0.4 is 0 Å². The van der Waals surface area contributed by atoms with Crippen LogP contribution in [0, 0.1) is 0 Å². The van der Waals surface area contributed by atoms with E-state index >= 15 is 0 Å². The third-order valence-corrected chi connectivity index (χ3v) is 5.17. The molecule has 7 heteroatoms. The predicted octanol–water partition coefficient (Wildman–Crippen LogP) is 1.18. The highest BCUT2D eigenvalue weighted by atomic mass is 32.2. The number of likely N-dealkylation sites (N-methyl/N-ethyl adjacent to an activating group) is 1. The maximum absolute atomic E-state index is 12.5. The van der Waals surface area contributed by atoms with Crippen molar-refractivity contribution in [1.82, 2.24) is 4.31 Å². The summed E-state index contributed by atoms with van der Waals surface area (Å²) in [4.78, 5) is 10.9. The highest BCUT2D eigenvalue weighted by molar-refractivity contribution is 7.89. The average Bonchev–Trinajstić information content (AvgIpc) is 2.91. The van der Waals surface area contributed by atoms with Crippen molar-refractivity contribution < 1.29 is 23.1 Å². The number of carbonyl (C=O) groups is 1. The zero-order chi connectivity index (χ0) is 14.8. The minimum Gasteiger partial charge on any atom is -0.478 e. The highest BCUT2D eigenvalue weighted by Gasteiger charge is 2.29. The smallest absolute Gasteiger partial charge is 0.337 e. The largest absolute Gasteiger partial charge is 0.478 e. The Balaban J connectivity index is 2.27. The molecule has 1 aromatic carbocycles. The standard InChI is InChI=1S/C13H17NO5S/c1-14(9-10-5-4-8-19-10)20(17,18)12-7-3-2-6-11(12)13(15)16/h2-3,6-7,10H,4-5,8-9H2,1H3,(H,15,16). The lowest BCUT2D eigenvalue weighted by Crippen LogP contribution is -2.34. The molecule has 6 nitrogen and oxygen atoms in total. The Morgan fingerprint density at radius 3 is 2.75 bits per heavy atom. The first-order valence-electron chi connectivity index (χ1n) is 6.33. The van der Waals surface area contributed by atoms with Crippen molar-refractivity contribution in [3.05, 3.63) is 29.8 Å². The van der Waals surface area contributed by atoms with E-state index in [1.807, 2.05) is 0 Å². The molecule has 0 saturated carbocycles. The number of benzene rings is 1. The van der Waals surface area contributed by atoms with Gasteiger partial charge in [0.15, 0.2) is 0 Å². The molecule has 1 aliphatic heterocycles. The maximum Gasteiger partial charge on any atom is 0.337 e. The predicted molar refractivity (Wildman–Crippen MR) is 72.2 cm³/mol. The SMILES string of the molecule is CN(CC1CCCO1)S(=O)(=O)c1ccccc1C(=O)O. The second kappa shape index (κ2) is 5.90. The molecule has 1 fully saturated rings. The van der Waals surface area contributed by atoms with E-state index in [1.54, 1.807) is 0 Å². The summed E-state index contributed by atoms with van der Waals surface area (Å²) in [7, 11) is -2.39. The average molecular weight is 299 g/mol. The zero-order valence-electron chi connectivity index (χ0n) is 11.2. The molecule has 1 heterocycles. The molecule has 0 radical (unpaired) electrons. The van der Waals surface area contributed by atoms with E-state index in [9.17, 15) is 13.2 Å². The fourth-order valence-electron chi connectivity index (χ4n) is 2.21. The van der Waals surface area contributed by atoms with Crippen molar-refractivity contribution in [1.29, 1.82) is 0 Å². The van der Waals surface area contributed by atoms with Crippen molar-refractivity contribution in [2.24, 2.45) is 0 Å². The molecule has 1 atom stereocenters. The summed E-state index contributed by atoms with van der Waals surface area (Å²) in [5, 5.41) is 9.09. The molecular weight excluding hydrogens is 282 g/mol. The van der Waals surface area contributed by atoms with Crippen LogP contribution in [0.5, 0.6) is 0 Å². The van der Waals surface area contributed by atoms with Crippen molar-refractivity contribution in [3.8, 4) is 0 Å². The summed E-state index contributed by atoms with van der Waals surface area (Å²) in [6.45, 7) is 0.876. The van der Waals surface area contributed by atoms with E-state index < -0.39 is 16.0 Å². The quantitative estimate of drug-likeness (QED) is 0.882. The van der Waals surface area contributed by atoms with Gasteiger partial charge in [-0.05, 0) is 25.0 Å². The first-order valence-corrected chi connectivity index (χ1v) is 7.77. The van der Waals surface area contributed by atoms with Gasteiger partial charge in [0.05, 0.1) is 16.6 Å². The topological polar surface area (TPSA) is 83.9 Å². The molecule has 0 aromatic heterocycles. The van der Waals surface area contributed by atoms with Gasteiger partial charge in [0, 0.05) is 20.2 Å². The molecule has 2 rings (SSSR count). The molecule has 1 aliphatic rings. The van der Waals surface area contributed by atoms with Gasteiger partial charge < -0.3 is 9.84 Å². The van der Waals surface area contributed by atoms with E-state index in [1.165, 1.54) is 31.3 Å². The number of sulfonamides is 1. The zero-order valence-corrected chi connectivity index (χ0v) is 12.0. The highest BCUT2D eigenvalue weighted by Crippen LogP contribution is 2.21. The van der Waals surface area contributed by atoms with Crippen LogP contribution in [0.3, 0.4) is 0 Å². The molecule has 1 N–H and O–H groups in total. The third-order valence-electron chi connectivity index (χ3n) is 3.29. The Labute approximate surface area is 118 Å². The van der Waals surface area contributed by atoms with Gasteiger partial charge in [-0.1, -0.05) is 12.1 Å². The number of hydrogen-bond donors (Lipinski definition) is 1. The van der Waals surface area contributed by atoms with Crippen LogP contribution in [-0.2, 0) is 14.8 Å². The Morgan fingerprint density at radius 1 is 1.45 bits per heavy atom. The number of aromatic carboxylic acids is 1. The van der Waals surface area contributed by atoms with E-state index in [0.29, 0.717) is 6.61 Å². The minimum atomic E-state index is -3.83. The van der Waals surface area contributed by atoms with E-state index in [0.717, 1.165) is 17.1 Å². The van der Waals surface area contributed by atoms with Crippen molar-refractivity contribution in [2.75, 3.05) is 20.2 Å². The molecule has 1 unspecified atom stereocenters. The summed E-state index contributed by atoms with van der Waals surface area (Å²) in [6.07, 6.45) is 1.62. The van der Waals surface area contributed by atoms with Gasteiger partial charge in [-0.3, -0.25) is 0 Å². The minimum absolute atomic E-state index is 0.119. The Morgan fingerprint density at radius 2 is 2.15 bits per heavy atom. The Hall–Kier alpha value is -1.44. The number of carboxylic acids is 1. The summed E-state index contributed by atoms with van der Waals surface area (Å²) in [6, 6.07) is 5.61. The molecule has 0 bridgehead atoms. The van der Waals surface area contributed by atoms with Gasteiger partial charge in [0.2, 0.25) is 10.0 Å². The number of hydrogen-bond acceptors (Lipinski definition) is 4. The van der Waals surface area contributed by atoms with Gasteiger partial charge in [0.1, 0.15) is 0 Å². The van der Waals surface area contributed by atoms with E-state index in [4.69, 9.17) is 9.84 Å². The maximum atomic E-state index is 12.5. The molecule has 0 aliphatic carbocycles. The summed E-state index contributed by atoms with van der Waals surface area (Å²) in [5.74, 6) is -1.25. The fourth-order valence-corrected chi connectivity index (χ4v) is 3.59. The lowest BCUT2D eigenvalue weighted by atomic mass is 10.2. The summed E-state index contributed by atoms with van der Waals surface area (Å²) < 4.78 is 31.5. The second-order valence-corrected chi connectivity index (χ2v) is 6.74. The molecular formula is C13H17NO5S. The number of ether oxygens (including phenoxy) is 1. The first kappa shape index (κ1) is 15.0. The van der Waals surface area contributed by atoms with Gasteiger partial charge in [-0.2, -0.15) is 4.31 Å². The van der Waals surface area contributed by atoms with Crippen molar-refractivity contribution in [3.63, 3.8) is 0 Å². The van der Waals surface area contributed by atoms with Gasteiger partial charge in [-0.15, -0.1) is 0 Å². The number of rotatable bonds is 5. The molecule has 0 amide bonds. The lowest BCUT2D eigenvalue weighted by Gasteiger charge is -2.21. The van der Waals surface area contributed by atoms with Crippen LogP contribution >= 0.6 is 0 Å². The van der Waals surface area contributed by atoms with Gasteiger partial charge >= 0.3 is 5.97 Å². The van der Waals surface area contributed by atoms with Gasteiger partial charge in [-0.25, -0.2) is 13.2 Å². The summed E-state index contributed by atoms with van der Waals surface area (Å²) >= 11 is 0. The monoisotopic (exact) mass is 299 g/mol.